The fourth-order valence-corrected chi connectivity index (χ4v) is 4.76. The minimum Gasteiger partial charge on any atom is -0.492 e. The van der Waals surface area contributed by atoms with Crippen molar-refractivity contribution in [1.82, 2.24) is 0 Å². The topological polar surface area (TPSA) is 75.7 Å². The second-order valence-corrected chi connectivity index (χ2v) is 9.08. The van der Waals surface area contributed by atoms with Gasteiger partial charge >= 0.3 is 0 Å². The zero-order valence-corrected chi connectivity index (χ0v) is 18.3. The second kappa shape index (κ2) is 8.43. The van der Waals surface area contributed by atoms with E-state index in [0.717, 1.165) is 16.8 Å². The summed E-state index contributed by atoms with van der Waals surface area (Å²) < 4.78 is 34.1. The van der Waals surface area contributed by atoms with Gasteiger partial charge in [-0.15, -0.1) is 0 Å². The minimum atomic E-state index is -3.80. The molecule has 3 aromatic carbocycles. The molecule has 0 spiro atoms. The highest BCUT2D eigenvalue weighted by atomic mass is 32.2. The third-order valence-corrected chi connectivity index (χ3v) is 6.59. The summed E-state index contributed by atoms with van der Waals surface area (Å²) in [5.74, 6) is 0.391. The maximum Gasteiger partial charge on any atom is 0.262 e. The summed E-state index contributed by atoms with van der Waals surface area (Å²) in [6.07, 6.45) is 0.603. The maximum atomic E-state index is 13.0. The number of para-hydroxylation sites is 2. The average Bonchev–Trinajstić information content (AvgIpc) is 3.18. The number of benzene rings is 3. The van der Waals surface area contributed by atoms with Crippen LogP contribution in [0.25, 0.3) is 0 Å². The zero-order chi connectivity index (χ0) is 22.0. The Labute approximate surface area is 182 Å². The Morgan fingerprint density at radius 1 is 1.06 bits per heavy atom. The van der Waals surface area contributed by atoms with E-state index in [4.69, 9.17) is 4.74 Å². The molecule has 1 heterocycles. The number of aryl methyl sites for hydroxylation is 1. The predicted molar refractivity (Wildman–Crippen MR) is 121 cm³/mol. The van der Waals surface area contributed by atoms with Crippen LogP contribution < -0.4 is 14.4 Å². The Morgan fingerprint density at radius 2 is 1.81 bits per heavy atom. The van der Waals surface area contributed by atoms with Gasteiger partial charge < -0.3 is 9.64 Å². The fourth-order valence-electron chi connectivity index (χ4n) is 3.64. The molecule has 6 nitrogen and oxygen atoms in total. The molecule has 0 unspecified atom stereocenters. The molecular weight excluding hydrogens is 412 g/mol. The molecule has 7 heteroatoms. The Balaban J connectivity index is 1.59. The number of carbonyl (C=O) groups excluding carboxylic acids is 1. The van der Waals surface area contributed by atoms with Gasteiger partial charge in [0.15, 0.2) is 0 Å². The summed E-state index contributed by atoms with van der Waals surface area (Å²) in [4.78, 5) is 14.8. The van der Waals surface area contributed by atoms with Gasteiger partial charge in [-0.2, -0.15) is 0 Å². The van der Waals surface area contributed by atoms with E-state index >= 15 is 0 Å². The summed E-state index contributed by atoms with van der Waals surface area (Å²) >= 11 is 0. The molecule has 160 valence electrons. The smallest absolute Gasteiger partial charge is 0.262 e. The Kier molecular flexibility index (Phi) is 5.69. The van der Waals surface area contributed by atoms with Crippen molar-refractivity contribution in [1.29, 1.82) is 0 Å². The van der Waals surface area contributed by atoms with Crippen LogP contribution in [0.15, 0.2) is 71.6 Å². The molecule has 4 rings (SSSR count). The molecule has 0 atom stereocenters. The SMILES string of the molecule is CCOc1ccccc1NS(=O)(=O)c1ccc2c(c1)CCN2C(=O)c1ccc(C)cc1. The maximum absolute atomic E-state index is 13.0. The van der Waals surface area contributed by atoms with Crippen molar-refractivity contribution >= 4 is 27.3 Å². The first-order chi connectivity index (χ1) is 14.9. The highest BCUT2D eigenvalue weighted by Gasteiger charge is 2.27. The van der Waals surface area contributed by atoms with E-state index in [1.165, 1.54) is 6.07 Å². The summed E-state index contributed by atoms with van der Waals surface area (Å²) in [5, 5.41) is 0. The van der Waals surface area contributed by atoms with Crippen LogP contribution in [-0.4, -0.2) is 27.5 Å². The van der Waals surface area contributed by atoms with Gasteiger partial charge in [-0.05, 0) is 68.3 Å². The van der Waals surface area contributed by atoms with Crippen LogP contribution in [0.3, 0.4) is 0 Å². The summed E-state index contributed by atoms with van der Waals surface area (Å²) in [7, 11) is -3.80. The summed E-state index contributed by atoms with van der Waals surface area (Å²) in [5.41, 5.74) is 3.68. The van der Waals surface area contributed by atoms with E-state index in [1.54, 1.807) is 41.3 Å². The molecule has 0 saturated carbocycles. The quantitative estimate of drug-likeness (QED) is 0.622. The standard InChI is InChI=1S/C24H24N2O4S/c1-3-30-23-7-5-4-6-21(23)25-31(28,29)20-12-13-22-19(16-20)14-15-26(22)24(27)18-10-8-17(2)9-11-18/h4-13,16,25H,3,14-15H2,1-2H3. The number of carbonyl (C=O) groups is 1. The first-order valence-corrected chi connectivity index (χ1v) is 11.6. The fraction of sp³-hybridized carbons (Fsp3) is 0.208. The van der Waals surface area contributed by atoms with Gasteiger partial charge in [0.25, 0.3) is 15.9 Å². The monoisotopic (exact) mass is 436 g/mol. The van der Waals surface area contributed by atoms with E-state index in [0.29, 0.717) is 36.6 Å². The van der Waals surface area contributed by atoms with Crippen molar-refractivity contribution in [3.8, 4) is 5.75 Å². The van der Waals surface area contributed by atoms with E-state index in [-0.39, 0.29) is 10.8 Å². The zero-order valence-electron chi connectivity index (χ0n) is 17.5. The Bertz CT molecular complexity index is 1220. The molecule has 0 bridgehead atoms. The highest BCUT2D eigenvalue weighted by molar-refractivity contribution is 7.92. The van der Waals surface area contributed by atoms with E-state index < -0.39 is 10.0 Å². The number of amides is 1. The molecule has 1 aliphatic rings. The lowest BCUT2D eigenvalue weighted by Crippen LogP contribution is -2.28. The molecule has 0 fully saturated rings. The Hall–Kier alpha value is -3.32. The van der Waals surface area contributed by atoms with Crippen LogP contribution in [0.5, 0.6) is 5.75 Å². The van der Waals surface area contributed by atoms with Gasteiger partial charge in [-0.25, -0.2) is 8.42 Å². The van der Waals surface area contributed by atoms with Crippen molar-refractivity contribution < 1.29 is 17.9 Å². The van der Waals surface area contributed by atoms with Gasteiger partial charge in [0.05, 0.1) is 17.2 Å². The van der Waals surface area contributed by atoms with Crippen molar-refractivity contribution in [3.63, 3.8) is 0 Å². The number of hydrogen-bond donors (Lipinski definition) is 1. The number of anilines is 2. The predicted octanol–water partition coefficient (Wildman–Crippen LogP) is 4.40. The lowest BCUT2D eigenvalue weighted by atomic mass is 10.1. The molecule has 1 amide bonds. The first kappa shape index (κ1) is 20.9. The molecule has 1 N–H and O–H groups in total. The van der Waals surface area contributed by atoms with Gasteiger partial charge in [-0.1, -0.05) is 29.8 Å². The van der Waals surface area contributed by atoms with Crippen molar-refractivity contribution in [3.05, 3.63) is 83.4 Å². The van der Waals surface area contributed by atoms with Crippen LogP contribution in [0.2, 0.25) is 0 Å². The van der Waals surface area contributed by atoms with Gasteiger partial charge in [0.1, 0.15) is 5.75 Å². The van der Waals surface area contributed by atoms with Crippen molar-refractivity contribution in [2.75, 3.05) is 22.8 Å². The lowest BCUT2D eigenvalue weighted by Gasteiger charge is -2.18. The third kappa shape index (κ3) is 4.27. The molecule has 1 aliphatic heterocycles. The largest absolute Gasteiger partial charge is 0.492 e. The van der Waals surface area contributed by atoms with E-state index in [2.05, 4.69) is 4.72 Å². The van der Waals surface area contributed by atoms with Crippen LogP contribution in [0, 0.1) is 6.92 Å². The number of sulfonamides is 1. The number of hydrogen-bond acceptors (Lipinski definition) is 4. The molecule has 0 aliphatic carbocycles. The minimum absolute atomic E-state index is 0.0851. The van der Waals surface area contributed by atoms with Crippen LogP contribution in [0.4, 0.5) is 11.4 Å². The summed E-state index contributed by atoms with van der Waals surface area (Å²) in [6.45, 7) is 4.77. The van der Waals surface area contributed by atoms with Gasteiger partial charge in [0, 0.05) is 17.8 Å². The molecule has 31 heavy (non-hydrogen) atoms. The van der Waals surface area contributed by atoms with E-state index in [1.807, 2.05) is 38.1 Å². The van der Waals surface area contributed by atoms with Gasteiger partial charge in [0.2, 0.25) is 0 Å². The highest BCUT2D eigenvalue weighted by Crippen LogP contribution is 2.33. The number of ether oxygens (including phenoxy) is 1. The third-order valence-electron chi connectivity index (χ3n) is 5.23. The normalized spacial score (nSPS) is 13.0. The molecule has 3 aromatic rings. The first-order valence-electron chi connectivity index (χ1n) is 10.1. The summed E-state index contributed by atoms with van der Waals surface area (Å²) in [6, 6.07) is 19.2. The van der Waals surface area contributed by atoms with Crippen LogP contribution >= 0.6 is 0 Å². The number of fused-ring (bicyclic) bond motifs is 1. The molecule has 0 radical (unpaired) electrons. The molecule has 0 saturated heterocycles. The van der Waals surface area contributed by atoms with Crippen molar-refractivity contribution in [2.24, 2.45) is 0 Å². The molecular formula is C24H24N2O4S. The molecule has 0 aromatic heterocycles. The van der Waals surface area contributed by atoms with E-state index in [9.17, 15) is 13.2 Å². The Morgan fingerprint density at radius 3 is 2.55 bits per heavy atom. The average molecular weight is 437 g/mol. The number of rotatable bonds is 6. The van der Waals surface area contributed by atoms with Gasteiger partial charge in [-0.3, -0.25) is 9.52 Å². The van der Waals surface area contributed by atoms with Crippen molar-refractivity contribution in [2.45, 2.75) is 25.2 Å². The van der Waals surface area contributed by atoms with Crippen LogP contribution in [0.1, 0.15) is 28.4 Å². The number of nitrogens with zero attached hydrogens (tertiary/aromatic N) is 1. The second-order valence-electron chi connectivity index (χ2n) is 7.40. The number of nitrogens with one attached hydrogen (secondary N) is 1. The van der Waals surface area contributed by atoms with Crippen LogP contribution in [-0.2, 0) is 16.4 Å². The lowest BCUT2D eigenvalue weighted by molar-refractivity contribution is 0.0989.